The van der Waals surface area contributed by atoms with Gasteiger partial charge in [0.1, 0.15) is 0 Å². The molecule has 0 saturated carbocycles. The molecule has 0 bridgehead atoms. The van der Waals surface area contributed by atoms with Crippen LogP contribution in [0.2, 0.25) is 0 Å². The van der Waals surface area contributed by atoms with E-state index in [1.807, 2.05) is 18.2 Å². The number of aliphatic hydroxyl groups excluding tert-OH is 2. The van der Waals surface area contributed by atoms with Gasteiger partial charge in [0.05, 0.1) is 11.8 Å². The Kier molecular flexibility index (Phi) is 4.83. The van der Waals surface area contributed by atoms with Crippen molar-refractivity contribution in [2.75, 3.05) is 19.7 Å². The fourth-order valence-corrected chi connectivity index (χ4v) is 3.02. The van der Waals surface area contributed by atoms with Gasteiger partial charge in [-0.3, -0.25) is 9.88 Å². The van der Waals surface area contributed by atoms with E-state index in [1.54, 1.807) is 6.20 Å². The summed E-state index contributed by atoms with van der Waals surface area (Å²) in [6.45, 7) is 2.43. The van der Waals surface area contributed by atoms with Gasteiger partial charge in [-0.2, -0.15) is 0 Å². The van der Waals surface area contributed by atoms with Gasteiger partial charge in [0.2, 0.25) is 0 Å². The average Bonchev–Trinajstić information content (AvgIpc) is 2.56. The Morgan fingerprint density at radius 3 is 2.82 bits per heavy atom. The Morgan fingerprint density at radius 2 is 2.09 bits per heavy atom. The standard InChI is InChI=1S/C18H22N2O2/c21-13-16-7-9-20(12-18(16)22)11-14-4-3-5-15(10-14)17-6-1-2-8-19-17/h1-6,8,10,16,18,21-22H,7,9,11-13H2/t16-,18+/m0/s1. The Labute approximate surface area is 131 Å². The molecule has 22 heavy (non-hydrogen) atoms. The predicted molar refractivity (Wildman–Crippen MR) is 86.1 cm³/mol. The topological polar surface area (TPSA) is 56.6 Å². The number of benzene rings is 1. The van der Waals surface area contributed by atoms with Gasteiger partial charge in [-0.1, -0.05) is 24.3 Å². The third-order valence-electron chi connectivity index (χ3n) is 4.33. The molecule has 3 rings (SSSR count). The number of aliphatic hydroxyl groups is 2. The largest absolute Gasteiger partial charge is 0.396 e. The first-order valence-corrected chi connectivity index (χ1v) is 7.78. The number of aromatic nitrogens is 1. The van der Waals surface area contributed by atoms with Gasteiger partial charge >= 0.3 is 0 Å². The summed E-state index contributed by atoms with van der Waals surface area (Å²) >= 11 is 0. The molecule has 1 aliphatic heterocycles. The van der Waals surface area contributed by atoms with E-state index in [1.165, 1.54) is 5.56 Å². The highest BCUT2D eigenvalue weighted by molar-refractivity contribution is 5.59. The van der Waals surface area contributed by atoms with Crippen LogP contribution in [0.3, 0.4) is 0 Å². The molecule has 1 saturated heterocycles. The molecule has 2 atom stereocenters. The predicted octanol–water partition coefficient (Wildman–Crippen LogP) is 1.92. The summed E-state index contributed by atoms with van der Waals surface area (Å²) in [4.78, 5) is 6.63. The second-order valence-electron chi connectivity index (χ2n) is 5.95. The Hall–Kier alpha value is -1.75. The summed E-state index contributed by atoms with van der Waals surface area (Å²) in [5, 5.41) is 19.3. The number of rotatable bonds is 4. The molecule has 2 heterocycles. The lowest BCUT2D eigenvalue weighted by atomic mass is 9.94. The first-order chi connectivity index (χ1) is 10.8. The van der Waals surface area contributed by atoms with E-state index >= 15 is 0 Å². The molecule has 0 spiro atoms. The number of hydrogen-bond donors (Lipinski definition) is 2. The zero-order chi connectivity index (χ0) is 15.4. The third-order valence-corrected chi connectivity index (χ3v) is 4.33. The van der Waals surface area contributed by atoms with Crippen molar-refractivity contribution in [2.24, 2.45) is 5.92 Å². The molecule has 4 nitrogen and oxygen atoms in total. The second-order valence-corrected chi connectivity index (χ2v) is 5.95. The fraction of sp³-hybridized carbons (Fsp3) is 0.389. The van der Waals surface area contributed by atoms with E-state index in [9.17, 15) is 10.2 Å². The summed E-state index contributed by atoms with van der Waals surface area (Å²) in [5.41, 5.74) is 3.31. The van der Waals surface area contributed by atoms with Crippen LogP contribution in [0.5, 0.6) is 0 Å². The minimum Gasteiger partial charge on any atom is -0.396 e. The minimum atomic E-state index is -0.433. The first-order valence-electron chi connectivity index (χ1n) is 7.78. The molecule has 2 N–H and O–H groups in total. The van der Waals surface area contributed by atoms with Crippen molar-refractivity contribution in [2.45, 2.75) is 19.1 Å². The molecular formula is C18H22N2O2. The van der Waals surface area contributed by atoms with Crippen molar-refractivity contribution in [1.29, 1.82) is 0 Å². The lowest BCUT2D eigenvalue weighted by Gasteiger charge is -2.35. The monoisotopic (exact) mass is 298 g/mol. The Morgan fingerprint density at radius 1 is 1.18 bits per heavy atom. The van der Waals surface area contributed by atoms with Crippen LogP contribution in [-0.2, 0) is 6.54 Å². The van der Waals surface area contributed by atoms with Crippen LogP contribution in [0.4, 0.5) is 0 Å². The van der Waals surface area contributed by atoms with Crippen LogP contribution in [0.25, 0.3) is 11.3 Å². The Bertz CT molecular complexity index is 603. The van der Waals surface area contributed by atoms with Crippen LogP contribution in [0, 0.1) is 5.92 Å². The van der Waals surface area contributed by atoms with Crippen molar-refractivity contribution in [3.05, 3.63) is 54.2 Å². The van der Waals surface area contributed by atoms with Gasteiger partial charge in [-0.15, -0.1) is 0 Å². The quantitative estimate of drug-likeness (QED) is 0.905. The molecule has 4 heteroatoms. The third kappa shape index (κ3) is 3.53. The van der Waals surface area contributed by atoms with Crippen LogP contribution in [0.1, 0.15) is 12.0 Å². The molecule has 1 aliphatic rings. The van der Waals surface area contributed by atoms with Crippen molar-refractivity contribution in [3.63, 3.8) is 0 Å². The number of likely N-dealkylation sites (tertiary alicyclic amines) is 1. The van der Waals surface area contributed by atoms with Crippen LogP contribution in [-0.4, -0.2) is 45.9 Å². The van der Waals surface area contributed by atoms with E-state index in [0.717, 1.165) is 30.8 Å². The number of β-amino-alcohol motifs (C(OH)–C–C–N with tert-alkyl or cyclic N) is 1. The van der Waals surface area contributed by atoms with Crippen LogP contribution in [0.15, 0.2) is 48.7 Å². The summed E-state index contributed by atoms with van der Waals surface area (Å²) in [7, 11) is 0. The van der Waals surface area contributed by atoms with Gasteiger partial charge < -0.3 is 10.2 Å². The zero-order valence-corrected chi connectivity index (χ0v) is 12.6. The SMILES string of the molecule is OC[C@@H]1CCN(Cc2cccc(-c3ccccn3)c2)C[C@H]1O. The van der Waals surface area contributed by atoms with Crippen molar-refractivity contribution in [1.82, 2.24) is 9.88 Å². The molecule has 0 aliphatic carbocycles. The van der Waals surface area contributed by atoms with Gasteiger partial charge in [0, 0.05) is 37.4 Å². The molecule has 1 aromatic heterocycles. The molecule has 1 aromatic carbocycles. The second kappa shape index (κ2) is 7.01. The van der Waals surface area contributed by atoms with Crippen molar-refractivity contribution < 1.29 is 10.2 Å². The maximum absolute atomic E-state index is 10.0. The smallest absolute Gasteiger partial charge is 0.0717 e. The van der Waals surface area contributed by atoms with E-state index < -0.39 is 6.10 Å². The normalized spacial score (nSPS) is 22.6. The lowest BCUT2D eigenvalue weighted by Crippen LogP contribution is -2.44. The van der Waals surface area contributed by atoms with E-state index in [0.29, 0.717) is 6.54 Å². The summed E-state index contributed by atoms with van der Waals surface area (Å²) in [6.07, 6.45) is 2.22. The van der Waals surface area contributed by atoms with Crippen molar-refractivity contribution in [3.8, 4) is 11.3 Å². The summed E-state index contributed by atoms with van der Waals surface area (Å²) in [5.74, 6) is 0.0242. The van der Waals surface area contributed by atoms with Gasteiger partial charge in [-0.05, 0) is 36.7 Å². The van der Waals surface area contributed by atoms with E-state index in [2.05, 4.69) is 34.1 Å². The Balaban J connectivity index is 1.69. The average molecular weight is 298 g/mol. The van der Waals surface area contributed by atoms with Crippen molar-refractivity contribution >= 4 is 0 Å². The van der Waals surface area contributed by atoms with E-state index in [-0.39, 0.29) is 12.5 Å². The van der Waals surface area contributed by atoms with Gasteiger partial charge in [0.25, 0.3) is 0 Å². The highest BCUT2D eigenvalue weighted by Crippen LogP contribution is 2.22. The molecule has 0 radical (unpaired) electrons. The van der Waals surface area contributed by atoms with Crippen LogP contribution < -0.4 is 0 Å². The number of hydrogen-bond acceptors (Lipinski definition) is 4. The molecule has 0 amide bonds. The molecule has 116 valence electrons. The fourth-order valence-electron chi connectivity index (χ4n) is 3.02. The molecular weight excluding hydrogens is 276 g/mol. The summed E-state index contributed by atoms with van der Waals surface area (Å²) in [6, 6.07) is 14.3. The maximum Gasteiger partial charge on any atom is 0.0717 e. The molecule has 1 fully saturated rings. The summed E-state index contributed by atoms with van der Waals surface area (Å²) < 4.78 is 0. The number of pyridine rings is 1. The lowest BCUT2D eigenvalue weighted by molar-refractivity contribution is -0.00443. The zero-order valence-electron chi connectivity index (χ0n) is 12.6. The van der Waals surface area contributed by atoms with E-state index in [4.69, 9.17) is 0 Å². The highest BCUT2D eigenvalue weighted by Gasteiger charge is 2.26. The maximum atomic E-state index is 10.0. The van der Waals surface area contributed by atoms with Crippen LogP contribution >= 0.6 is 0 Å². The molecule has 2 aromatic rings. The molecule has 0 unspecified atom stereocenters. The number of nitrogens with zero attached hydrogens (tertiary/aromatic N) is 2. The highest BCUT2D eigenvalue weighted by atomic mass is 16.3. The van der Waals surface area contributed by atoms with Gasteiger partial charge in [-0.25, -0.2) is 0 Å². The number of piperidine rings is 1. The first kappa shape index (κ1) is 15.2. The minimum absolute atomic E-state index is 0.0242. The van der Waals surface area contributed by atoms with Gasteiger partial charge in [0.15, 0.2) is 0 Å².